The lowest BCUT2D eigenvalue weighted by molar-refractivity contribution is -0.126. The minimum atomic E-state index is -1.72. The Morgan fingerprint density at radius 3 is 1.34 bits per heavy atom. The molecule has 3 aliphatic heterocycles. The summed E-state index contributed by atoms with van der Waals surface area (Å²) in [7, 11) is -1.72. The quantitative estimate of drug-likeness (QED) is 0.0412. The van der Waals surface area contributed by atoms with E-state index in [4.69, 9.17) is 79.7 Å². The number of nitrogens with zero attached hydrogens (tertiary/aromatic N) is 11. The van der Waals surface area contributed by atoms with Gasteiger partial charge < -0.3 is 34.5 Å². The van der Waals surface area contributed by atoms with Crippen LogP contribution in [0.3, 0.4) is 0 Å². The molecule has 1 amide bonds. The average molecular weight is 1480 g/mol. The van der Waals surface area contributed by atoms with Gasteiger partial charge in [-0.25, -0.2) is 47.5 Å². The number of carbonyl (C=O) groups is 2. The van der Waals surface area contributed by atoms with E-state index in [9.17, 15) is 22.8 Å². The van der Waals surface area contributed by atoms with Crippen molar-refractivity contribution < 1.29 is 37.2 Å². The zero-order valence-corrected chi connectivity index (χ0v) is 58.5. The van der Waals surface area contributed by atoms with Gasteiger partial charge in [-0.1, -0.05) is 147 Å². The van der Waals surface area contributed by atoms with Crippen molar-refractivity contribution >= 4 is 159 Å². The Labute approximate surface area is 588 Å². The number of carbonyl (C=O) groups excluding carboxylic acids is 2. The minimum Gasteiger partial charge on any atom is -0.423 e. The lowest BCUT2D eigenvalue weighted by atomic mass is 9.80. The van der Waals surface area contributed by atoms with Gasteiger partial charge in [-0.15, -0.1) is 0 Å². The maximum Gasteiger partial charge on any atom is 0.491 e. The number of rotatable bonds is 11. The molecule has 0 aliphatic carbocycles. The molecule has 12 rings (SSSR count). The summed E-state index contributed by atoms with van der Waals surface area (Å²) in [4.78, 5) is 57.8. The summed E-state index contributed by atoms with van der Waals surface area (Å²) in [5.74, 6) is 0.0700. The Kier molecular flexibility index (Phi) is 29.5. The van der Waals surface area contributed by atoms with E-state index >= 15 is 4.39 Å². The van der Waals surface area contributed by atoms with Gasteiger partial charge in [0.1, 0.15) is 59.4 Å². The molecule has 15 nitrogen and oxygen atoms in total. The van der Waals surface area contributed by atoms with Crippen LogP contribution in [-0.4, -0.2) is 140 Å². The molecule has 0 atom stereocenters. The van der Waals surface area contributed by atoms with E-state index in [0.717, 1.165) is 61.8 Å². The fourth-order valence-electron chi connectivity index (χ4n) is 10.7. The molecule has 0 spiro atoms. The summed E-state index contributed by atoms with van der Waals surface area (Å²) in [5.41, 5.74) is 2.21. The first-order valence-corrected chi connectivity index (χ1v) is 33.6. The van der Waals surface area contributed by atoms with Crippen molar-refractivity contribution in [2.24, 2.45) is 0 Å². The predicted octanol–water partition coefficient (Wildman–Crippen LogP) is 16.3. The van der Waals surface area contributed by atoms with E-state index in [0.29, 0.717) is 84.8 Å². The van der Waals surface area contributed by atoms with Crippen molar-refractivity contribution in [1.82, 2.24) is 39.7 Å². The van der Waals surface area contributed by atoms with Crippen molar-refractivity contribution in [2.75, 3.05) is 86.7 Å². The van der Waals surface area contributed by atoms with Gasteiger partial charge in [-0.05, 0) is 134 Å². The maximum absolute atomic E-state index is 15.2. The molecular weight excluding hydrogens is 1410 g/mol. The van der Waals surface area contributed by atoms with Crippen LogP contribution in [0.2, 0.25) is 25.1 Å². The van der Waals surface area contributed by atoms with Crippen LogP contribution in [0, 0.1) is 23.3 Å². The van der Waals surface area contributed by atoms with Gasteiger partial charge >= 0.3 is 7.12 Å². The molecule has 0 unspecified atom stereocenters. The van der Waals surface area contributed by atoms with Crippen LogP contribution in [0.5, 0.6) is 0 Å². The standard InChI is InChI=1S/C21H17Cl2FN4O.C19H16ClF2N3.C13H12BrCl2N3.C6H6BFO2.C6H15N.C3H3ClO/c1-2-17(29)27-7-9-28(10-8-27)21-14-11-15(22)18(13-5-3-4-6-16(13)24)19(23)20(14)25-12-26-21;20-14-10-13-18(17(22)16(14)12-6-2-3-7-15(12)21)23-11-24-19(13)25-8-4-1-5-9-25;14-10-9(15)6-8-12(11(10)16)17-7-18-13(8)19-4-2-1-3-5-19;8-6-4-2-1-3-5(6)7(9)10;1-4-7(5-2)6-3;1-2-3(4)5/h2-6,11-12H,1,7-10H2;2-3,6-7,10-11H,1,4-5,8-9H2;6-7H,1-5H2;1-4,9-10H;4-6H2,1-3H3;2H,1H2. The summed E-state index contributed by atoms with van der Waals surface area (Å²) in [6, 6.07) is 23.1. The number of hydrogen-bond acceptors (Lipinski definition) is 14. The van der Waals surface area contributed by atoms with E-state index in [-0.39, 0.29) is 38.1 Å². The zero-order chi connectivity index (χ0) is 68.9. The minimum absolute atomic E-state index is 0.0376. The highest BCUT2D eigenvalue weighted by Crippen LogP contribution is 2.44. The molecule has 500 valence electrons. The van der Waals surface area contributed by atoms with Crippen molar-refractivity contribution in [3.05, 3.63) is 188 Å². The summed E-state index contributed by atoms with van der Waals surface area (Å²) in [5, 5.41) is 20.6. The van der Waals surface area contributed by atoms with E-state index in [2.05, 4.69) is 99.4 Å². The fourth-order valence-corrected chi connectivity index (χ4v) is 12.5. The monoisotopic (exact) mass is 1480 g/mol. The van der Waals surface area contributed by atoms with Gasteiger partial charge in [0.2, 0.25) is 11.1 Å². The maximum atomic E-state index is 15.2. The Morgan fingerprint density at radius 1 is 0.537 bits per heavy atom. The number of allylic oxidation sites excluding steroid dienone is 1. The number of hydrogen-bond donors (Lipinski definition) is 2. The fraction of sp³-hybridized carbons (Fsp3) is 0.294. The summed E-state index contributed by atoms with van der Waals surface area (Å²) >= 11 is 40.1. The number of amides is 1. The predicted molar refractivity (Wildman–Crippen MR) is 384 cm³/mol. The molecule has 2 N–H and O–H groups in total. The van der Waals surface area contributed by atoms with Gasteiger partial charge in [0.05, 0.1) is 40.6 Å². The lowest BCUT2D eigenvalue weighted by Gasteiger charge is -2.35. The van der Waals surface area contributed by atoms with Gasteiger partial charge in [0.15, 0.2) is 5.82 Å². The van der Waals surface area contributed by atoms with E-state index in [1.807, 2.05) is 6.07 Å². The summed E-state index contributed by atoms with van der Waals surface area (Å²) in [6.07, 6.45) is 13.7. The molecule has 6 heterocycles. The molecule has 6 aromatic carbocycles. The van der Waals surface area contributed by atoms with E-state index in [1.165, 1.54) is 107 Å². The first-order chi connectivity index (χ1) is 45.7. The van der Waals surface area contributed by atoms with Crippen molar-refractivity contribution in [2.45, 2.75) is 59.3 Å². The zero-order valence-electron chi connectivity index (χ0n) is 52.3. The number of aromatic nitrogens is 6. The number of piperazine rings is 1. The van der Waals surface area contributed by atoms with Gasteiger partial charge in [0, 0.05) is 96.2 Å². The van der Waals surface area contributed by atoms with Crippen LogP contribution < -0.4 is 20.2 Å². The van der Waals surface area contributed by atoms with Crippen LogP contribution in [0.1, 0.15) is 59.3 Å². The van der Waals surface area contributed by atoms with Crippen molar-refractivity contribution in [3.63, 3.8) is 0 Å². The Hall–Kier alpha value is -6.76. The molecule has 95 heavy (non-hydrogen) atoms. The molecule has 0 bridgehead atoms. The van der Waals surface area contributed by atoms with Crippen LogP contribution in [0.4, 0.5) is 35.0 Å². The number of piperidine rings is 2. The normalized spacial score (nSPS) is 13.6. The van der Waals surface area contributed by atoms with Gasteiger partial charge in [0.25, 0.3) is 0 Å². The molecule has 27 heteroatoms. The SMILES string of the molecule is C=CC(=O)Cl.C=CC(=O)N1CCN(c2ncnc3c(Cl)c(-c4ccccc4F)c(Cl)cc23)CC1.CCN(CC)CC.Clc1cc2c(N3CCCCC3)ncnc2c(Cl)c1Br.Fc1ccccc1-c1c(Cl)cc2c(N3CCCCC3)ncnc2c1F.OB(O)c1ccccc1F. The molecule has 9 aromatic rings. The third-order valence-electron chi connectivity index (χ3n) is 15.7. The van der Waals surface area contributed by atoms with E-state index in [1.54, 1.807) is 53.7 Å². The summed E-state index contributed by atoms with van der Waals surface area (Å²) in [6.45, 7) is 22.9. The Balaban J connectivity index is 0.000000176. The highest BCUT2D eigenvalue weighted by molar-refractivity contribution is 9.10. The van der Waals surface area contributed by atoms with Gasteiger partial charge in [-0.3, -0.25) is 9.59 Å². The second-order valence-electron chi connectivity index (χ2n) is 21.5. The second-order valence-corrected chi connectivity index (χ2v) is 24.6. The molecule has 0 radical (unpaired) electrons. The molecule has 3 aliphatic rings. The Morgan fingerprint density at radius 2 is 0.926 bits per heavy atom. The van der Waals surface area contributed by atoms with Crippen molar-refractivity contribution in [1.29, 1.82) is 0 Å². The molecular formula is C68H69BBrCl6F4N11O4. The van der Waals surface area contributed by atoms with E-state index < -0.39 is 35.6 Å². The molecule has 3 aromatic heterocycles. The lowest BCUT2D eigenvalue weighted by Crippen LogP contribution is -2.48. The number of fused-ring (bicyclic) bond motifs is 3. The number of anilines is 3. The molecule has 3 fully saturated rings. The van der Waals surface area contributed by atoms with Crippen LogP contribution in [0.25, 0.3) is 55.0 Å². The smallest absolute Gasteiger partial charge is 0.423 e. The molecule has 0 saturated carbocycles. The first-order valence-electron chi connectivity index (χ1n) is 30.5. The van der Waals surface area contributed by atoms with Gasteiger partial charge in [-0.2, -0.15) is 0 Å². The molecule has 3 saturated heterocycles. The second kappa shape index (κ2) is 37.1. The largest absolute Gasteiger partial charge is 0.491 e. The third kappa shape index (κ3) is 19.5. The number of benzene rings is 6. The number of halogens is 11. The summed E-state index contributed by atoms with van der Waals surface area (Å²) < 4.78 is 56.9. The topological polar surface area (TPSA) is 168 Å². The highest BCUT2D eigenvalue weighted by atomic mass is 79.9. The average Bonchev–Trinajstić information content (AvgIpc) is 0.776. The highest BCUT2D eigenvalue weighted by Gasteiger charge is 2.27. The van der Waals surface area contributed by atoms with Crippen LogP contribution in [-0.2, 0) is 9.59 Å². The van der Waals surface area contributed by atoms with Crippen LogP contribution >= 0.6 is 85.5 Å². The van der Waals surface area contributed by atoms with Crippen molar-refractivity contribution in [3.8, 4) is 22.3 Å². The van der Waals surface area contributed by atoms with Crippen LogP contribution in [0.15, 0.2) is 140 Å². The first kappa shape index (κ1) is 75.6. The Bertz CT molecular complexity index is 4130. The third-order valence-corrected chi connectivity index (χ3v) is 18.8.